The lowest BCUT2D eigenvalue weighted by Gasteiger charge is -2.09. The molecule has 0 spiro atoms. The van der Waals surface area contributed by atoms with Crippen molar-refractivity contribution in [3.8, 4) is 16.9 Å². The predicted octanol–water partition coefficient (Wildman–Crippen LogP) is 4.68. The molecule has 3 aromatic heterocycles. The quantitative estimate of drug-likeness (QED) is 0.479. The minimum atomic E-state index is -4.60. The van der Waals surface area contributed by atoms with E-state index in [0.29, 0.717) is 16.9 Å². The third kappa shape index (κ3) is 4.18. The molecule has 0 radical (unpaired) electrons. The molecule has 0 aliphatic carbocycles. The Morgan fingerprint density at radius 1 is 1.10 bits per heavy atom. The zero-order chi connectivity index (χ0) is 22.2. The van der Waals surface area contributed by atoms with Gasteiger partial charge in [0.2, 0.25) is 0 Å². The number of nitrogens with zero attached hydrogens (tertiary/aromatic N) is 4. The molecule has 1 amide bonds. The summed E-state index contributed by atoms with van der Waals surface area (Å²) in [5.74, 6) is -1.43. The molecule has 0 bridgehead atoms. The van der Waals surface area contributed by atoms with Crippen LogP contribution in [0.1, 0.15) is 16.1 Å². The molecule has 0 fully saturated rings. The molecule has 4 rings (SSSR count). The van der Waals surface area contributed by atoms with E-state index in [1.165, 1.54) is 41.2 Å². The molecule has 0 saturated heterocycles. The van der Waals surface area contributed by atoms with Gasteiger partial charge in [-0.1, -0.05) is 0 Å². The van der Waals surface area contributed by atoms with E-state index in [0.717, 1.165) is 12.3 Å². The van der Waals surface area contributed by atoms with E-state index in [9.17, 15) is 22.4 Å². The van der Waals surface area contributed by atoms with E-state index < -0.39 is 23.6 Å². The Bertz CT molecular complexity index is 1240. The highest BCUT2D eigenvalue weighted by atomic mass is 19.4. The van der Waals surface area contributed by atoms with Gasteiger partial charge in [-0.3, -0.25) is 9.78 Å². The number of amides is 1. The number of rotatable bonds is 4. The van der Waals surface area contributed by atoms with Gasteiger partial charge in [0.25, 0.3) is 5.91 Å². The van der Waals surface area contributed by atoms with Crippen molar-refractivity contribution in [3.63, 3.8) is 0 Å². The number of alkyl halides is 3. The Morgan fingerprint density at radius 3 is 2.45 bits per heavy atom. The third-order valence-electron chi connectivity index (χ3n) is 4.51. The van der Waals surface area contributed by atoms with E-state index in [2.05, 4.69) is 15.4 Å². The van der Waals surface area contributed by atoms with Crippen LogP contribution in [0.15, 0.2) is 67.3 Å². The Labute approximate surface area is 173 Å². The lowest BCUT2D eigenvalue weighted by Crippen LogP contribution is -2.14. The molecular weight excluding hydrogens is 414 g/mol. The molecule has 1 N–H and O–H groups in total. The van der Waals surface area contributed by atoms with Crippen LogP contribution in [0.2, 0.25) is 0 Å². The van der Waals surface area contributed by atoms with Crippen molar-refractivity contribution in [1.29, 1.82) is 0 Å². The number of anilines is 1. The normalized spacial score (nSPS) is 11.5. The number of hydrogen-bond acceptors (Lipinski definition) is 3. The summed E-state index contributed by atoms with van der Waals surface area (Å²) in [6.45, 7) is 0. The van der Waals surface area contributed by atoms with Crippen molar-refractivity contribution in [3.05, 3.63) is 84.3 Å². The second-order valence-electron chi connectivity index (χ2n) is 6.75. The summed E-state index contributed by atoms with van der Waals surface area (Å²) >= 11 is 0. The summed E-state index contributed by atoms with van der Waals surface area (Å²) in [7, 11) is 1.76. The first kappa shape index (κ1) is 20.3. The first-order chi connectivity index (χ1) is 14.7. The number of halogens is 4. The van der Waals surface area contributed by atoms with E-state index in [1.54, 1.807) is 30.1 Å². The summed E-state index contributed by atoms with van der Waals surface area (Å²) in [5, 5.41) is 6.26. The Hall–Kier alpha value is -3.95. The van der Waals surface area contributed by atoms with E-state index >= 15 is 0 Å². The number of hydrogen-bond donors (Lipinski definition) is 1. The van der Waals surface area contributed by atoms with Crippen molar-refractivity contribution < 1.29 is 22.4 Å². The van der Waals surface area contributed by atoms with Crippen molar-refractivity contribution in [2.75, 3.05) is 5.32 Å². The second-order valence-corrected chi connectivity index (χ2v) is 6.75. The number of nitrogens with one attached hydrogen (secondary N) is 1. The van der Waals surface area contributed by atoms with Gasteiger partial charge in [0.05, 0.1) is 23.1 Å². The molecule has 31 heavy (non-hydrogen) atoms. The number of aryl methyl sites for hydroxylation is 1. The number of carbonyl (C=O) groups is 1. The minimum Gasteiger partial charge on any atom is -0.357 e. The number of pyridine rings is 1. The van der Waals surface area contributed by atoms with Crippen LogP contribution in [0.4, 0.5) is 23.2 Å². The molecule has 10 heteroatoms. The molecule has 0 aliphatic rings. The minimum absolute atomic E-state index is 0.174. The first-order valence-electron chi connectivity index (χ1n) is 9.03. The van der Waals surface area contributed by atoms with Crippen LogP contribution in [-0.2, 0) is 13.2 Å². The highest BCUT2D eigenvalue weighted by molar-refractivity contribution is 6.04. The summed E-state index contributed by atoms with van der Waals surface area (Å²) in [5.41, 5.74) is 0.348. The molecule has 0 aliphatic heterocycles. The van der Waals surface area contributed by atoms with Gasteiger partial charge in [-0.2, -0.15) is 18.3 Å². The summed E-state index contributed by atoms with van der Waals surface area (Å²) in [6.07, 6.45) is 1.03. The van der Waals surface area contributed by atoms with Crippen molar-refractivity contribution in [2.24, 2.45) is 7.05 Å². The van der Waals surface area contributed by atoms with Gasteiger partial charge in [-0.15, -0.1) is 0 Å². The van der Waals surface area contributed by atoms with Crippen LogP contribution in [0.5, 0.6) is 0 Å². The van der Waals surface area contributed by atoms with Crippen LogP contribution in [0.3, 0.4) is 0 Å². The first-order valence-corrected chi connectivity index (χ1v) is 9.03. The lowest BCUT2D eigenvalue weighted by molar-refractivity contribution is -0.141. The van der Waals surface area contributed by atoms with Crippen LogP contribution < -0.4 is 5.32 Å². The maximum absolute atomic E-state index is 13.7. The standard InChI is InChI=1S/C21H15F4N5O/c1-29-9-7-13(12-29)18-10-19(21(23,24)25)28-30(18)15-4-2-14(3-5-15)27-20(31)16-6-8-26-11-17(16)22/h2-12H,1H3,(H,27,31). The number of carbonyl (C=O) groups excluding carboxylic acids is 1. The Kier molecular flexibility index (Phi) is 5.05. The van der Waals surface area contributed by atoms with Crippen molar-refractivity contribution in [1.82, 2.24) is 19.3 Å². The topological polar surface area (TPSA) is 64.7 Å². The molecule has 0 saturated carbocycles. The highest BCUT2D eigenvalue weighted by Gasteiger charge is 2.35. The summed E-state index contributed by atoms with van der Waals surface area (Å²) < 4.78 is 56.4. The van der Waals surface area contributed by atoms with E-state index in [1.807, 2.05) is 0 Å². The van der Waals surface area contributed by atoms with Crippen LogP contribution >= 0.6 is 0 Å². The molecule has 158 valence electrons. The average Bonchev–Trinajstić information content (AvgIpc) is 3.35. The average molecular weight is 429 g/mol. The van der Waals surface area contributed by atoms with Gasteiger partial charge in [-0.25, -0.2) is 9.07 Å². The fourth-order valence-corrected chi connectivity index (χ4v) is 3.02. The molecule has 3 heterocycles. The monoisotopic (exact) mass is 429 g/mol. The van der Waals surface area contributed by atoms with Gasteiger partial charge >= 0.3 is 6.18 Å². The van der Waals surface area contributed by atoms with Gasteiger partial charge < -0.3 is 9.88 Å². The summed E-state index contributed by atoms with van der Waals surface area (Å²) in [6, 6.07) is 9.93. The number of benzene rings is 1. The molecule has 6 nitrogen and oxygen atoms in total. The maximum atomic E-state index is 13.7. The van der Waals surface area contributed by atoms with Crippen LogP contribution in [0.25, 0.3) is 16.9 Å². The SMILES string of the molecule is Cn1ccc(-c2cc(C(F)(F)F)nn2-c2ccc(NC(=O)c3ccncc3F)cc2)c1. The molecule has 0 unspecified atom stereocenters. The lowest BCUT2D eigenvalue weighted by atomic mass is 10.2. The third-order valence-corrected chi connectivity index (χ3v) is 4.51. The molecular formula is C21H15F4N5O. The van der Waals surface area contributed by atoms with Gasteiger partial charge in [-0.05, 0) is 42.5 Å². The van der Waals surface area contributed by atoms with Gasteiger partial charge in [0.15, 0.2) is 11.5 Å². The second kappa shape index (κ2) is 7.71. The molecule has 1 aromatic carbocycles. The predicted molar refractivity (Wildman–Crippen MR) is 105 cm³/mol. The van der Waals surface area contributed by atoms with Crippen LogP contribution in [-0.4, -0.2) is 25.2 Å². The Morgan fingerprint density at radius 2 is 1.84 bits per heavy atom. The van der Waals surface area contributed by atoms with Crippen molar-refractivity contribution >= 4 is 11.6 Å². The van der Waals surface area contributed by atoms with E-state index in [4.69, 9.17) is 0 Å². The fraction of sp³-hybridized carbons (Fsp3) is 0.0952. The smallest absolute Gasteiger partial charge is 0.357 e. The maximum Gasteiger partial charge on any atom is 0.435 e. The summed E-state index contributed by atoms with van der Waals surface area (Å²) in [4.78, 5) is 15.8. The van der Waals surface area contributed by atoms with Gasteiger partial charge in [0, 0.05) is 36.9 Å². The fourth-order valence-electron chi connectivity index (χ4n) is 3.02. The highest BCUT2D eigenvalue weighted by Crippen LogP contribution is 2.33. The molecule has 4 aromatic rings. The van der Waals surface area contributed by atoms with Crippen molar-refractivity contribution in [2.45, 2.75) is 6.18 Å². The zero-order valence-electron chi connectivity index (χ0n) is 16.1. The van der Waals surface area contributed by atoms with Crippen LogP contribution in [0, 0.1) is 5.82 Å². The molecule has 0 atom stereocenters. The van der Waals surface area contributed by atoms with E-state index in [-0.39, 0.29) is 11.3 Å². The zero-order valence-corrected chi connectivity index (χ0v) is 16.1. The Balaban J connectivity index is 1.65. The largest absolute Gasteiger partial charge is 0.435 e. The number of aromatic nitrogens is 4. The van der Waals surface area contributed by atoms with Gasteiger partial charge in [0.1, 0.15) is 0 Å².